The Morgan fingerprint density at radius 1 is 1.24 bits per heavy atom. The molecule has 142 valence electrons. The van der Waals surface area contributed by atoms with Crippen LogP contribution in [0.5, 0.6) is 0 Å². The summed E-state index contributed by atoms with van der Waals surface area (Å²) in [5.74, 6) is -1.54. The molecule has 5 nitrogen and oxygen atoms in total. The molecule has 0 heterocycles. The second-order valence-electron chi connectivity index (χ2n) is 6.43. The highest BCUT2D eigenvalue weighted by Gasteiger charge is 2.39. The summed E-state index contributed by atoms with van der Waals surface area (Å²) in [6.45, 7) is 4.79. The van der Waals surface area contributed by atoms with Crippen molar-refractivity contribution >= 4 is 6.09 Å². The predicted octanol–water partition coefficient (Wildman–Crippen LogP) is 3.15. The summed E-state index contributed by atoms with van der Waals surface area (Å²) in [7, 11) is 0. The summed E-state index contributed by atoms with van der Waals surface area (Å²) < 4.78 is 57.3. The smallest absolute Gasteiger partial charge is 0.419 e. The van der Waals surface area contributed by atoms with Gasteiger partial charge in [-0.3, -0.25) is 0 Å². The molecule has 25 heavy (non-hydrogen) atoms. The Balaban J connectivity index is 2.74. The van der Waals surface area contributed by atoms with Crippen molar-refractivity contribution < 1.29 is 37.3 Å². The lowest BCUT2D eigenvalue weighted by Gasteiger charge is -2.23. The molecule has 1 amide bonds. The molecule has 3 N–H and O–H groups in total. The van der Waals surface area contributed by atoms with E-state index in [0.717, 1.165) is 12.1 Å². The van der Waals surface area contributed by atoms with E-state index in [1.807, 2.05) is 0 Å². The third kappa shape index (κ3) is 6.50. The molecule has 0 radical (unpaired) electrons. The van der Waals surface area contributed by atoms with E-state index in [-0.39, 0.29) is 13.0 Å². The Kier molecular flexibility index (Phi) is 6.78. The summed E-state index contributed by atoms with van der Waals surface area (Å²) in [5.41, 5.74) is -3.12. The van der Waals surface area contributed by atoms with Crippen LogP contribution < -0.4 is 5.32 Å². The number of nitrogens with one attached hydrogen (secondary N) is 1. The van der Waals surface area contributed by atoms with Crippen molar-refractivity contribution in [1.82, 2.24) is 5.32 Å². The monoisotopic (exact) mass is 367 g/mol. The number of hydrogen-bond donors (Lipinski definition) is 3. The van der Waals surface area contributed by atoms with E-state index in [9.17, 15) is 32.6 Å². The molecule has 0 aromatic heterocycles. The summed E-state index contributed by atoms with van der Waals surface area (Å²) in [6, 6.07) is 2.52. The number of aliphatic hydroxyl groups is 2. The van der Waals surface area contributed by atoms with Crippen molar-refractivity contribution in [3.63, 3.8) is 0 Å². The van der Waals surface area contributed by atoms with Crippen molar-refractivity contribution in [3.8, 4) is 0 Å². The lowest BCUT2D eigenvalue weighted by atomic mass is 9.96. The van der Waals surface area contributed by atoms with Gasteiger partial charge in [-0.05, 0) is 38.8 Å². The summed E-state index contributed by atoms with van der Waals surface area (Å²) >= 11 is 0. The van der Waals surface area contributed by atoms with Crippen molar-refractivity contribution in [1.29, 1.82) is 0 Å². The highest BCUT2D eigenvalue weighted by Crippen LogP contribution is 2.37. The van der Waals surface area contributed by atoms with Gasteiger partial charge in [0.25, 0.3) is 0 Å². The minimum absolute atomic E-state index is 0.149. The molecule has 0 bridgehead atoms. The van der Waals surface area contributed by atoms with E-state index in [0.29, 0.717) is 6.07 Å². The molecule has 2 atom stereocenters. The highest BCUT2D eigenvalue weighted by atomic mass is 19.4. The van der Waals surface area contributed by atoms with E-state index < -0.39 is 47.0 Å². The van der Waals surface area contributed by atoms with Crippen LogP contribution in [-0.4, -0.2) is 34.6 Å². The summed E-state index contributed by atoms with van der Waals surface area (Å²) in [4.78, 5) is 11.4. The zero-order valence-corrected chi connectivity index (χ0v) is 14.0. The average molecular weight is 367 g/mol. The number of rotatable bonds is 5. The number of carbonyl (C=O) groups excluding carboxylic acids is 1. The maximum absolute atomic E-state index is 13.5. The Labute approximate surface area is 142 Å². The first-order valence-electron chi connectivity index (χ1n) is 7.51. The van der Waals surface area contributed by atoms with Gasteiger partial charge in [-0.1, -0.05) is 12.1 Å². The molecular weight excluding hydrogens is 346 g/mol. The van der Waals surface area contributed by atoms with E-state index in [1.165, 1.54) is 0 Å². The zero-order chi connectivity index (χ0) is 19.4. The molecule has 1 rings (SSSR count). The molecule has 1 aromatic rings. The van der Waals surface area contributed by atoms with Gasteiger partial charge in [0.05, 0.1) is 11.7 Å². The first kappa shape index (κ1) is 21.2. The Morgan fingerprint density at radius 3 is 2.36 bits per heavy atom. The fraction of sp³-hybridized carbons (Fsp3) is 0.562. The number of carbonyl (C=O) groups is 1. The number of alkyl halides is 3. The number of aliphatic hydroxyl groups excluding tert-OH is 2. The average Bonchev–Trinajstić information content (AvgIpc) is 2.42. The SMILES string of the molecule is CC(C)(C)OC(=O)NCCC(O)C(O)c1cccc(F)c1C(F)(F)F. The van der Waals surface area contributed by atoms with Gasteiger partial charge in [-0.15, -0.1) is 0 Å². The van der Waals surface area contributed by atoms with Crippen LogP contribution in [0.1, 0.15) is 44.4 Å². The van der Waals surface area contributed by atoms with Crippen LogP contribution >= 0.6 is 0 Å². The molecular formula is C16H21F4NO4. The van der Waals surface area contributed by atoms with Crippen molar-refractivity contribution in [2.45, 2.75) is 51.2 Å². The molecule has 0 saturated carbocycles. The number of ether oxygens (including phenoxy) is 1. The topological polar surface area (TPSA) is 78.8 Å². The fourth-order valence-electron chi connectivity index (χ4n) is 2.09. The van der Waals surface area contributed by atoms with Gasteiger partial charge in [-0.25, -0.2) is 9.18 Å². The minimum Gasteiger partial charge on any atom is -0.444 e. The van der Waals surface area contributed by atoms with Gasteiger partial charge >= 0.3 is 12.3 Å². The Bertz CT molecular complexity index is 599. The highest BCUT2D eigenvalue weighted by molar-refractivity contribution is 5.67. The van der Waals surface area contributed by atoms with E-state index in [2.05, 4.69) is 5.32 Å². The molecule has 0 aliphatic heterocycles. The van der Waals surface area contributed by atoms with Crippen molar-refractivity contribution in [3.05, 3.63) is 35.1 Å². The number of benzene rings is 1. The predicted molar refractivity (Wildman–Crippen MR) is 81.2 cm³/mol. The summed E-state index contributed by atoms with van der Waals surface area (Å²) in [5, 5.41) is 22.1. The van der Waals surface area contributed by atoms with Gasteiger partial charge in [0.1, 0.15) is 17.5 Å². The van der Waals surface area contributed by atoms with Crippen LogP contribution in [0, 0.1) is 5.82 Å². The third-order valence-electron chi connectivity index (χ3n) is 3.12. The fourth-order valence-corrected chi connectivity index (χ4v) is 2.09. The van der Waals surface area contributed by atoms with E-state index >= 15 is 0 Å². The van der Waals surface area contributed by atoms with Crippen LogP contribution in [0.3, 0.4) is 0 Å². The standard InChI is InChI=1S/C16H21F4NO4/c1-15(2,3)25-14(24)21-8-7-11(22)13(23)9-5-4-6-10(17)12(9)16(18,19)20/h4-6,11,13,22-23H,7-8H2,1-3H3,(H,21,24). The summed E-state index contributed by atoms with van der Waals surface area (Å²) in [6.07, 6.45) is -9.65. The second kappa shape index (κ2) is 8.01. The molecule has 0 aliphatic carbocycles. The maximum atomic E-state index is 13.5. The number of alkyl carbamates (subject to hydrolysis) is 1. The van der Waals surface area contributed by atoms with Gasteiger partial charge in [0.2, 0.25) is 0 Å². The van der Waals surface area contributed by atoms with Crippen LogP contribution in [0.15, 0.2) is 18.2 Å². The maximum Gasteiger partial charge on any atom is 0.419 e. The number of amides is 1. The first-order chi connectivity index (χ1) is 11.3. The van der Waals surface area contributed by atoms with Crippen molar-refractivity contribution in [2.75, 3.05) is 6.54 Å². The van der Waals surface area contributed by atoms with Gasteiger partial charge in [-0.2, -0.15) is 13.2 Å². The van der Waals surface area contributed by atoms with Crippen LogP contribution in [-0.2, 0) is 10.9 Å². The van der Waals surface area contributed by atoms with Crippen LogP contribution in [0.25, 0.3) is 0 Å². The third-order valence-corrected chi connectivity index (χ3v) is 3.12. The van der Waals surface area contributed by atoms with Gasteiger partial charge < -0.3 is 20.3 Å². The molecule has 0 fully saturated rings. The molecule has 2 unspecified atom stereocenters. The van der Waals surface area contributed by atoms with Gasteiger partial charge in [0, 0.05) is 6.54 Å². The Hall–Kier alpha value is -1.87. The van der Waals surface area contributed by atoms with Gasteiger partial charge in [0.15, 0.2) is 0 Å². The largest absolute Gasteiger partial charge is 0.444 e. The minimum atomic E-state index is -5.02. The molecule has 9 heteroatoms. The quantitative estimate of drug-likeness (QED) is 0.699. The van der Waals surface area contributed by atoms with E-state index in [1.54, 1.807) is 20.8 Å². The second-order valence-corrected chi connectivity index (χ2v) is 6.43. The van der Waals surface area contributed by atoms with E-state index in [4.69, 9.17) is 4.74 Å². The zero-order valence-electron chi connectivity index (χ0n) is 14.0. The molecule has 0 saturated heterocycles. The van der Waals surface area contributed by atoms with Crippen molar-refractivity contribution in [2.24, 2.45) is 0 Å². The lowest BCUT2D eigenvalue weighted by Crippen LogP contribution is -2.35. The Morgan fingerprint density at radius 2 is 1.84 bits per heavy atom. The lowest BCUT2D eigenvalue weighted by molar-refractivity contribution is -0.142. The van der Waals surface area contributed by atoms with Crippen LogP contribution in [0.2, 0.25) is 0 Å². The number of halogens is 4. The molecule has 0 aliphatic rings. The number of hydrogen-bond acceptors (Lipinski definition) is 4. The molecule has 0 spiro atoms. The van der Waals surface area contributed by atoms with Crippen LogP contribution in [0.4, 0.5) is 22.4 Å². The molecule has 1 aromatic carbocycles. The first-order valence-corrected chi connectivity index (χ1v) is 7.51. The normalized spacial score (nSPS) is 14.8.